The molecule has 96 valence electrons. The van der Waals surface area contributed by atoms with E-state index >= 15 is 0 Å². The Morgan fingerprint density at radius 2 is 1.95 bits per heavy atom. The average molecular weight is 317 g/mol. The lowest BCUT2D eigenvalue weighted by Crippen LogP contribution is -1.96. The highest BCUT2D eigenvalue weighted by Gasteiger charge is 2.07. The van der Waals surface area contributed by atoms with Crippen molar-refractivity contribution in [3.63, 3.8) is 0 Å². The summed E-state index contributed by atoms with van der Waals surface area (Å²) in [6.45, 7) is 2.02. The van der Waals surface area contributed by atoms with E-state index in [0.717, 1.165) is 21.4 Å². The zero-order chi connectivity index (χ0) is 13.8. The van der Waals surface area contributed by atoms with Gasteiger partial charge in [0.25, 0.3) is 0 Å². The van der Waals surface area contributed by atoms with Crippen LogP contribution in [-0.4, -0.2) is 7.11 Å². The van der Waals surface area contributed by atoms with Gasteiger partial charge in [-0.15, -0.1) is 0 Å². The molecule has 0 fully saturated rings. The zero-order valence-electron chi connectivity index (χ0n) is 10.7. The van der Waals surface area contributed by atoms with Gasteiger partial charge in [-0.2, -0.15) is 5.26 Å². The van der Waals surface area contributed by atoms with Crippen molar-refractivity contribution in [1.82, 2.24) is 0 Å². The highest BCUT2D eigenvalue weighted by Crippen LogP contribution is 2.30. The third-order valence-electron chi connectivity index (χ3n) is 2.74. The van der Waals surface area contributed by atoms with Gasteiger partial charge in [-0.3, -0.25) is 0 Å². The fourth-order valence-corrected chi connectivity index (χ4v) is 2.08. The first-order valence-electron chi connectivity index (χ1n) is 5.75. The van der Waals surface area contributed by atoms with Crippen molar-refractivity contribution >= 4 is 27.3 Å². The van der Waals surface area contributed by atoms with Crippen LogP contribution in [0.1, 0.15) is 11.1 Å². The number of rotatable bonds is 3. The second-order valence-corrected chi connectivity index (χ2v) is 4.99. The van der Waals surface area contributed by atoms with Crippen LogP contribution < -0.4 is 10.1 Å². The summed E-state index contributed by atoms with van der Waals surface area (Å²) in [4.78, 5) is 0. The van der Waals surface area contributed by atoms with E-state index in [-0.39, 0.29) is 0 Å². The van der Waals surface area contributed by atoms with Gasteiger partial charge in [0.2, 0.25) is 0 Å². The lowest BCUT2D eigenvalue weighted by Gasteiger charge is -2.12. The summed E-state index contributed by atoms with van der Waals surface area (Å²) < 4.78 is 6.13. The summed E-state index contributed by atoms with van der Waals surface area (Å²) in [5.41, 5.74) is 3.37. The van der Waals surface area contributed by atoms with E-state index in [1.165, 1.54) is 0 Å². The number of benzene rings is 2. The van der Waals surface area contributed by atoms with Crippen molar-refractivity contribution in [2.24, 2.45) is 0 Å². The number of hydrogen-bond donors (Lipinski definition) is 1. The van der Waals surface area contributed by atoms with Crippen LogP contribution in [-0.2, 0) is 0 Å². The van der Waals surface area contributed by atoms with E-state index in [1.807, 2.05) is 31.2 Å². The number of nitrogens with zero attached hydrogens (tertiary/aromatic N) is 1. The predicted molar refractivity (Wildman–Crippen MR) is 79.9 cm³/mol. The van der Waals surface area contributed by atoms with Gasteiger partial charge in [0.1, 0.15) is 11.8 Å². The van der Waals surface area contributed by atoms with E-state index in [9.17, 15) is 0 Å². The summed E-state index contributed by atoms with van der Waals surface area (Å²) in [5, 5.41) is 12.4. The minimum atomic E-state index is 0.578. The van der Waals surface area contributed by atoms with Crippen LogP contribution in [0, 0.1) is 18.3 Å². The van der Waals surface area contributed by atoms with Crippen LogP contribution in [0.5, 0.6) is 5.75 Å². The second-order valence-electron chi connectivity index (χ2n) is 4.13. The van der Waals surface area contributed by atoms with E-state index in [1.54, 1.807) is 19.2 Å². The summed E-state index contributed by atoms with van der Waals surface area (Å²) in [7, 11) is 1.60. The topological polar surface area (TPSA) is 45.0 Å². The number of methoxy groups -OCH3 is 1. The molecule has 19 heavy (non-hydrogen) atoms. The van der Waals surface area contributed by atoms with Gasteiger partial charge in [0, 0.05) is 10.5 Å². The molecule has 2 aromatic rings. The molecule has 0 aliphatic rings. The first-order valence-corrected chi connectivity index (χ1v) is 6.54. The summed E-state index contributed by atoms with van der Waals surface area (Å²) >= 11 is 3.49. The molecule has 1 N–H and O–H groups in total. The number of ether oxygens (including phenoxy) is 1. The van der Waals surface area contributed by atoms with Crippen molar-refractivity contribution in [2.75, 3.05) is 12.4 Å². The quantitative estimate of drug-likeness (QED) is 0.913. The first-order chi connectivity index (χ1) is 9.13. The number of halogens is 1. The van der Waals surface area contributed by atoms with Crippen molar-refractivity contribution in [2.45, 2.75) is 6.92 Å². The molecule has 4 heteroatoms. The van der Waals surface area contributed by atoms with E-state index in [0.29, 0.717) is 11.3 Å². The van der Waals surface area contributed by atoms with Crippen LogP contribution in [0.4, 0.5) is 11.4 Å². The van der Waals surface area contributed by atoms with Gasteiger partial charge in [0.15, 0.2) is 0 Å². The Morgan fingerprint density at radius 1 is 1.16 bits per heavy atom. The molecule has 0 amide bonds. The molecule has 0 saturated carbocycles. The number of nitrogens with one attached hydrogen (secondary N) is 1. The van der Waals surface area contributed by atoms with Gasteiger partial charge in [-0.25, -0.2) is 0 Å². The molecular formula is C15H13BrN2O. The Morgan fingerprint density at radius 3 is 2.63 bits per heavy atom. The molecule has 0 aromatic heterocycles. The Bertz CT molecular complexity index is 647. The SMILES string of the molecule is COc1ccc(C#N)c(Nc2cc(C)ccc2Br)c1. The largest absolute Gasteiger partial charge is 0.497 e. The maximum atomic E-state index is 9.14. The Hall–Kier alpha value is -1.99. The first kappa shape index (κ1) is 13.4. The Balaban J connectivity index is 2.42. The maximum Gasteiger partial charge on any atom is 0.121 e. The molecule has 0 bridgehead atoms. The molecule has 0 spiro atoms. The van der Waals surface area contributed by atoms with Crippen LogP contribution >= 0.6 is 15.9 Å². The van der Waals surface area contributed by atoms with E-state index < -0.39 is 0 Å². The van der Waals surface area contributed by atoms with Crippen molar-refractivity contribution < 1.29 is 4.74 Å². The molecule has 2 rings (SSSR count). The normalized spacial score (nSPS) is 9.79. The number of anilines is 2. The monoisotopic (exact) mass is 316 g/mol. The molecule has 2 aromatic carbocycles. The summed E-state index contributed by atoms with van der Waals surface area (Å²) in [6.07, 6.45) is 0. The molecule has 0 radical (unpaired) electrons. The summed E-state index contributed by atoms with van der Waals surface area (Å²) in [6, 6.07) is 13.5. The smallest absolute Gasteiger partial charge is 0.121 e. The molecule has 0 aliphatic heterocycles. The fraction of sp³-hybridized carbons (Fsp3) is 0.133. The standard InChI is InChI=1S/C15H13BrN2O/c1-10-3-6-13(16)15(7-10)18-14-8-12(19-2)5-4-11(14)9-17/h3-8,18H,1-2H3. The average Bonchev–Trinajstić information content (AvgIpc) is 2.42. The van der Waals surface area contributed by atoms with Crippen molar-refractivity contribution in [3.8, 4) is 11.8 Å². The number of hydrogen-bond acceptors (Lipinski definition) is 3. The van der Waals surface area contributed by atoms with Crippen LogP contribution in [0.3, 0.4) is 0 Å². The molecule has 0 heterocycles. The van der Waals surface area contributed by atoms with Crippen LogP contribution in [0.15, 0.2) is 40.9 Å². The third kappa shape index (κ3) is 3.07. The van der Waals surface area contributed by atoms with Gasteiger partial charge >= 0.3 is 0 Å². The molecule has 0 saturated heterocycles. The molecular weight excluding hydrogens is 304 g/mol. The second kappa shape index (κ2) is 5.77. The molecule has 0 atom stereocenters. The lowest BCUT2D eigenvalue weighted by atomic mass is 10.1. The minimum Gasteiger partial charge on any atom is -0.497 e. The predicted octanol–water partition coefficient (Wildman–Crippen LogP) is 4.38. The van der Waals surface area contributed by atoms with Gasteiger partial charge in [0.05, 0.1) is 24.0 Å². The number of nitriles is 1. The van der Waals surface area contributed by atoms with Gasteiger partial charge in [-0.05, 0) is 52.7 Å². The molecule has 3 nitrogen and oxygen atoms in total. The lowest BCUT2D eigenvalue weighted by molar-refractivity contribution is 0.415. The highest BCUT2D eigenvalue weighted by atomic mass is 79.9. The van der Waals surface area contributed by atoms with Gasteiger partial charge < -0.3 is 10.1 Å². The maximum absolute atomic E-state index is 9.14. The van der Waals surface area contributed by atoms with Crippen LogP contribution in [0.25, 0.3) is 0 Å². The van der Waals surface area contributed by atoms with Crippen molar-refractivity contribution in [1.29, 1.82) is 5.26 Å². The van der Waals surface area contributed by atoms with Crippen molar-refractivity contribution in [3.05, 3.63) is 52.0 Å². The van der Waals surface area contributed by atoms with Gasteiger partial charge in [-0.1, -0.05) is 6.07 Å². The Kier molecular flexibility index (Phi) is 4.08. The minimum absolute atomic E-state index is 0.578. The third-order valence-corrected chi connectivity index (χ3v) is 3.43. The van der Waals surface area contributed by atoms with E-state index in [2.05, 4.69) is 27.3 Å². The van der Waals surface area contributed by atoms with E-state index in [4.69, 9.17) is 10.00 Å². The van der Waals surface area contributed by atoms with Crippen LogP contribution in [0.2, 0.25) is 0 Å². The molecule has 0 unspecified atom stereocenters. The summed E-state index contributed by atoms with van der Waals surface area (Å²) in [5.74, 6) is 0.713. The fourth-order valence-electron chi connectivity index (χ4n) is 1.73. The zero-order valence-corrected chi connectivity index (χ0v) is 12.3. The molecule has 0 aliphatic carbocycles. The Labute approximate surface area is 121 Å². The number of aryl methyl sites for hydroxylation is 1. The highest BCUT2D eigenvalue weighted by molar-refractivity contribution is 9.10.